The van der Waals surface area contributed by atoms with Gasteiger partial charge in [-0.15, -0.1) is 0 Å². The van der Waals surface area contributed by atoms with Crippen molar-refractivity contribution in [3.63, 3.8) is 0 Å². The highest BCUT2D eigenvalue weighted by atomic mass is 16.6. The van der Waals surface area contributed by atoms with Crippen molar-refractivity contribution in [2.45, 2.75) is 13.5 Å². The van der Waals surface area contributed by atoms with E-state index in [1.54, 1.807) is 0 Å². The topological polar surface area (TPSA) is 47.7 Å². The van der Waals surface area contributed by atoms with E-state index in [2.05, 4.69) is 28.8 Å². The molecule has 0 saturated heterocycles. The molecule has 0 spiro atoms. The summed E-state index contributed by atoms with van der Waals surface area (Å²) in [6.45, 7) is 4.93. The number of hydrogen-bond donors (Lipinski definition) is 1. The minimum Gasteiger partial charge on any atom is -0.478 e. The number of aryl methyl sites for hydroxylation is 1. The minimum atomic E-state index is 0.532. The van der Waals surface area contributed by atoms with Crippen LogP contribution >= 0.6 is 0 Å². The first kappa shape index (κ1) is 10.4. The molecule has 1 aromatic carbocycles. The number of ether oxygens (including phenoxy) is 1. The Kier molecular flexibility index (Phi) is 3.20. The Hall–Kier alpha value is -1.10. The first-order valence-corrected chi connectivity index (χ1v) is 5.06. The molecule has 1 heterocycles. The lowest BCUT2D eigenvalue weighted by atomic mass is 10.1. The van der Waals surface area contributed by atoms with Crippen LogP contribution in [0.3, 0.4) is 0 Å². The second-order valence-electron chi connectivity index (χ2n) is 3.81. The number of nitrogens with zero attached hydrogens (tertiary/aromatic N) is 1. The molecule has 0 unspecified atom stereocenters. The third-order valence-corrected chi connectivity index (χ3v) is 2.54. The third-order valence-electron chi connectivity index (χ3n) is 2.54. The van der Waals surface area contributed by atoms with E-state index < -0.39 is 0 Å². The predicted molar refractivity (Wildman–Crippen MR) is 57.2 cm³/mol. The first-order chi connectivity index (χ1) is 7.29. The molecule has 0 amide bonds. The van der Waals surface area contributed by atoms with Gasteiger partial charge in [0.2, 0.25) is 0 Å². The molecule has 1 aliphatic heterocycles. The van der Waals surface area contributed by atoms with Crippen molar-refractivity contribution in [1.29, 1.82) is 0 Å². The van der Waals surface area contributed by atoms with Gasteiger partial charge in [-0.1, -0.05) is 17.7 Å². The Morgan fingerprint density at radius 2 is 2.40 bits per heavy atom. The van der Waals surface area contributed by atoms with Crippen LogP contribution in [0.2, 0.25) is 0 Å². The Morgan fingerprint density at radius 1 is 1.53 bits per heavy atom. The molecule has 0 bridgehead atoms. The summed E-state index contributed by atoms with van der Waals surface area (Å²) in [6.07, 6.45) is 0. The van der Waals surface area contributed by atoms with Gasteiger partial charge in [0.25, 0.3) is 0 Å². The molecular weight excluding hydrogens is 192 g/mol. The molecule has 0 aromatic heterocycles. The summed E-state index contributed by atoms with van der Waals surface area (Å²) in [4.78, 5) is 6.72. The van der Waals surface area contributed by atoms with Gasteiger partial charge >= 0.3 is 0 Å². The molecule has 0 radical (unpaired) electrons. The average molecular weight is 208 g/mol. The second kappa shape index (κ2) is 4.61. The molecule has 0 aliphatic carbocycles. The number of hydrogen-bond acceptors (Lipinski definition) is 4. The number of fused-ring (bicyclic) bond motifs is 1. The fourth-order valence-corrected chi connectivity index (χ4v) is 1.75. The van der Waals surface area contributed by atoms with Crippen LogP contribution in [-0.4, -0.2) is 24.8 Å². The standard InChI is InChI=1S/C11H16N2O2/c1-9-2-3-11-10(6-9)7-13(8-14-11)4-5-15-12/h2-3,6H,4-5,7-8,12H2,1H3. The van der Waals surface area contributed by atoms with Crippen molar-refractivity contribution in [2.75, 3.05) is 19.9 Å². The lowest BCUT2D eigenvalue weighted by Gasteiger charge is -2.28. The largest absolute Gasteiger partial charge is 0.478 e. The van der Waals surface area contributed by atoms with Crippen LogP contribution < -0.4 is 10.6 Å². The zero-order valence-corrected chi connectivity index (χ0v) is 8.90. The van der Waals surface area contributed by atoms with Crippen molar-refractivity contribution >= 4 is 0 Å². The van der Waals surface area contributed by atoms with Gasteiger partial charge < -0.3 is 9.57 Å². The van der Waals surface area contributed by atoms with Crippen LogP contribution in [0.25, 0.3) is 0 Å². The van der Waals surface area contributed by atoms with Crippen LogP contribution in [0.5, 0.6) is 5.75 Å². The van der Waals surface area contributed by atoms with Gasteiger partial charge in [-0.25, -0.2) is 5.90 Å². The summed E-state index contributed by atoms with van der Waals surface area (Å²) >= 11 is 0. The summed E-state index contributed by atoms with van der Waals surface area (Å²) in [5.41, 5.74) is 2.49. The van der Waals surface area contributed by atoms with Gasteiger partial charge in [0.05, 0.1) is 6.61 Å². The summed E-state index contributed by atoms with van der Waals surface area (Å²) in [5.74, 6) is 5.99. The lowest BCUT2D eigenvalue weighted by molar-refractivity contribution is 0.0506. The predicted octanol–water partition coefficient (Wildman–Crippen LogP) is 1.04. The molecule has 1 aromatic rings. The number of benzene rings is 1. The highest BCUT2D eigenvalue weighted by Gasteiger charge is 2.16. The second-order valence-corrected chi connectivity index (χ2v) is 3.81. The van der Waals surface area contributed by atoms with E-state index in [4.69, 9.17) is 10.6 Å². The molecular formula is C11H16N2O2. The van der Waals surface area contributed by atoms with Crippen LogP contribution in [0.1, 0.15) is 11.1 Å². The van der Waals surface area contributed by atoms with Gasteiger partial charge in [0.1, 0.15) is 12.5 Å². The van der Waals surface area contributed by atoms with E-state index in [0.717, 1.165) is 18.8 Å². The minimum absolute atomic E-state index is 0.532. The summed E-state index contributed by atoms with van der Waals surface area (Å²) in [7, 11) is 0. The smallest absolute Gasteiger partial charge is 0.142 e. The van der Waals surface area contributed by atoms with E-state index in [0.29, 0.717) is 13.3 Å². The Bertz CT molecular complexity index is 341. The maximum Gasteiger partial charge on any atom is 0.142 e. The van der Waals surface area contributed by atoms with E-state index in [1.165, 1.54) is 11.1 Å². The summed E-state index contributed by atoms with van der Waals surface area (Å²) in [6, 6.07) is 6.25. The molecule has 4 nitrogen and oxygen atoms in total. The first-order valence-electron chi connectivity index (χ1n) is 5.06. The van der Waals surface area contributed by atoms with E-state index >= 15 is 0 Å². The van der Waals surface area contributed by atoms with Crippen molar-refractivity contribution in [3.8, 4) is 5.75 Å². The van der Waals surface area contributed by atoms with Crippen LogP contribution in [0.4, 0.5) is 0 Å². The Balaban J connectivity index is 2.05. The third kappa shape index (κ3) is 2.47. The van der Waals surface area contributed by atoms with Gasteiger partial charge in [0.15, 0.2) is 0 Å². The van der Waals surface area contributed by atoms with Crippen LogP contribution in [0, 0.1) is 6.92 Å². The number of rotatable bonds is 3. The van der Waals surface area contributed by atoms with E-state index in [9.17, 15) is 0 Å². The van der Waals surface area contributed by atoms with E-state index in [-0.39, 0.29) is 0 Å². The zero-order valence-electron chi connectivity index (χ0n) is 8.90. The van der Waals surface area contributed by atoms with Crippen LogP contribution in [0.15, 0.2) is 18.2 Å². The van der Waals surface area contributed by atoms with Crippen molar-refractivity contribution in [3.05, 3.63) is 29.3 Å². The molecule has 4 heteroatoms. The molecule has 0 fully saturated rings. The Labute approximate surface area is 89.5 Å². The highest BCUT2D eigenvalue weighted by Crippen LogP contribution is 2.25. The molecule has 1 aliphatic rings. The van der Waals surface area contributed by atoms with Crippen molar-refractivity contribution in [2.24, 2.45) is 5.90 Å². The maximum absolute atomic E-state index is 5.62. The molecule has 82 valence electrons. The Morgan fingerprint density at radius 3 is 3.20 bits per heavy atom. The molecule has 2 N–H and O–H groups in total. The monoisotopic (exact) mass is 208 g/mol. The fraction of sp³-hybridized carbons (Fsp3) is 0.455. The summed E-state index contributed by atoms with van der Waals surface area (Å²) < 4.78 is 5.62. The van der Waals surface area contributed by atoms with Crippen molar-refractivity contribution in [1.82, 2.24) is 4.90 Å². The van der Waals surface area contributed by atoms with Crippen molar-refractivity contribution < 1.29 is 9.57 Å². The fourth-order valence-electron chi connectivity index (χ4n) is 1.75. The maximum atomic E-state index is 5.62. The highest BCUT2D eigenvalue weighted by molar-refractivity contribution is 5.37. The summed E-state index contributed by atoms with van der Waals surface area (Å²) in [5, 5.41) is 0. The molecule has 15 heavy (non-hydrogen) atoms. The van der Waals surface area contributed by atoms with E-state index in [1.807, 2.05) is 6.07 Å². The molecule has 0 saturated carbocycles. The van der Waals surface area contributed by atoms with Gasteiger partial charge in [0, 0.05) is 18.7 Å². The molecule has 0 atom stereocenters. The average Bonchev–Trinajstić information content (AvgIpc) is 2.25. The SMILES string of the molecule is Cc1ccc2c(c1)CN(CCON)CO2. The zero-order chi connectivity index (χ0) is 10.7. The normalized spacial score (nSPS) is 15.9. The van der Waals surface area contributed by atoms with Crippen LogP contribution in [-0.2, 0) is 11.4 Å². The number of nitrogens with two attached hydrogens (primary N) is 1. The van der Waals surface area contributed by atoms with Gasteiger partial charge in [-0.05, 0) is 13.0 Å². The van der Waals surface area contributed by atoms with Gasteiger partial charge in [-0.3, -0.25) is 4.90 Å². The lowest BCUT2D eigenvalue weighted by Crippen LogP contribution is -2.35. The van der Waals surface area contributed by atoms with Gasteiger partial charge in [-0.2, -0.15) is 0 Å². The molecule has 2 rings (SSSR count). The quantitative estimate of drug-likeness (QED) is 0.754.